The van der Waals surface area contributed by atoms with Crippen LogP contribution in [0.2, 0.25) is 0 Å². The highest BCUT2D eigenvalue weighted by atomic mass is 19.1. The van der Waals surface area contributed by atoms with Crippen molar-refractivity contribution in [1.29, 1.82) is 0 Å². The van der Waals surface area contributed by atoms with Gasteiger partial charge in [-0.05, 0) is 69.7 Å². The van der Waals surface area contributed by atoms with Crippen LogP contribution in [0.25, 0.3) is 0 Å². The van der Waals surface area contributed by atoms with Crippen LogP contribution >= 0.6 is 0 Å². The summed E-state index contributed by atoms with van der Waals surface area (Å²) in [6.45, 7) is 7.03. The number of methoxy groups -OCH3 is 1. The second-order valence-corrected chi connectivity index (χ2v) is 6.72. The molecule has 0 heterocycles. The summed E-state index contributed by atoms with van der Waals surface area (Å²) in [5, 5.41) is 0. The monoisotopic (exact) mass is 360 g/mol. The molecule has 2 aromatic carbocycles. The van der Waals surface area contributed by atoms with Crippen molar-refractivity contribution >= 4 is 11.9 Å². The molecule has 0 saturated heterocycles. The molecule has 0 spiro atoms. The standard InChI is InChI=1S/C20H21FO5/c1-12-10-16(21)15(19(23)24-5)11-17(12)25-14-8-6-13(7-9-14)18(22)26-20(2,3)4/h6-11H,1-5H3. The summed E-state index contributed by atoms with van der Waals surface area (Å²) in [5.41, 5.74) is 0.116. The Balaban J connectivity index is 2.21. The van der Waals surface area contributed by atoms with Crippen LogP contribution in [0.5, 0.6) is 11.5 Å². The van der Waals surface area contributed by atoms with Gasteiger partial charge in [0.1, 0.15) is 22.9 Å². The van der Waals surface area contributed by atoms with Gasteiger partial charge >= 0.3 is 11.9 Å². The summed E-state index contributed by atoms with van der Waals surface area (Å²) in [5.74, 6) is -1.15. The Morgan fingerprint density at radius 1 is 1.00 bits per heavy atom. The second-order valence-electron chi connectivity index (χ2n) is 6.72. The summed E-state index contributed by atoms with van der Waals surface area (Å²) in [6.07, 6.45) is 0. The number of halogens is 1. The molecule has 0 amide bonds. The molecule has 5 nitrogen and oxygen atoms in total. The predicted octanol–water partition coefficient (Wildman–Crippen LogP) is 4.67. The lowest BCUT2D eigenvalue weighted by molar-refractivity contribution is 0.00693. The molecule has 0 N–H and O–H groups in total. The van der Waals surface area contributed by atoms with Crippen molar-refractivity contribution in [3.05, 3.63) is 58.9 Å². The summed E-state index contributed by atoms with van der Waals surface area (Å²) >= 11 is 0. The Morgan fingerprint density at radius 3 is 2.15 bits per heavy atom. The molecule has 2 aromatic rings. The van der Waals surface area contributed by atoms with Crippen molar-refractivity contribution in [2.24, 2.45) is 0 Å². The van der Waals surface area contributed by atoms with Gasteiger partial charge in [0.2, 0.25) is 0 Å². The predicted molar refractivity (Wildman–Crippen MR) is 94.2 cm³/mol. The Hall–Kier alpha value is -2.89. The van der Waals surface area contributed by atoms with Crippen LogP contribution in [-0.2, 0) is 9.47 Å². The number of aryl methyl sites for hydroxylation is 1. The van der Waals surface area contributed by atoms with E-state index in [1.54, 1.807) is 52.0 Å². The SMILES string of the molecule is COC(=O)c1cc(Oc2ccc(C(=O)OC(C)(C)C)cc2)c(C)cc1F. The third kappa shape index (κ3) is 4.81. The van der Waals surface area contributed by atoms with E-state index in [1.165, 1.54) is 19.2 Å². The first-order chi connectivity index (χ1) is 12.1. The number of rotatable bonds is 4. The normalized spacial score (nSPS) is 11.0. The minimum Gasteiger partial charge on any atom is -0.465 e. The van der Waals surface area contributed by atoms with E-state index in [0.29, 0.717) is 22.6 Å². The quantitative estimate of drug-likeness (QED) is 0.742. The molecule has 0 aliphatic rings. The van der Waals surface area contributed by atoms with E-state index in [4.69, 9.17) is 9.47 Å². The lowest BCUT2D eigenvalue weighted by Gasteiger charge is -2.19. The van der Waals surface area contributed by atoms with E-state index in [-0.39, 0.29) is 5.56 Å². The van der Waals surface area contributed by atoms with Gasteiger partial charge in [-0.3, -0.25) is 0 Å². The van der Waals surface area contributed by atoms with Crippen LogP contribution in [0, 0.1) is 12.7 Å². The number of ether oxygens (including phenoxy) is 3. The van der Waals surface area contributed by atoms with Crippen molar-refractivity contribution in [3.8, 4) is 11.5 Å². The number of benzene rings is 2. The highest BCUT2D eigenvalue weighted by molar-refractivity contribution is 5.90. The highest BCUT2D eigenvalue weighted by Gasteiger charge is 2.18. The van der Waals surface area contributed by atoms with Gasteiger partial charge in [-0.15, -0.1) is 0 Å². The van der Waals surface area contributed by atoms with Gasteiger partial charge in [0.25, 0.3) is 0 Å². The molecule has 0 saturated carbocycles. The van der Waals surface area contributed by atoms with Gasteiger partial charge in [0.15, 0.2) is 0 Å². The number of carbonyl (C=O) groups excluding carboxylic acids is 2. The molecular weight excluding hydrogens is 339 g/mol. The van der Waals surface area contributed by atoms with Crippen molar-refractivity contribution < 1.29 is 28.2 Å². The Morgan fingerprint density at radius 2 is 1.62 bits per heavy atom. The van der Waals surface area contributed by atoms with E-state index >= 15 is 0 Å². The fraction of sp³-hybridized carbons (Fsp3) is 0.300. The summed E-state index contributed by atoms with van der Waals surface area (Å²) in [7, 11) is 1.18. The maximum absolute atomic E-state index is 13.9. The van der Waals surface area contributed by atoms with E-state index in [2.05, 4.69) is 4.74 Å². The number of hydrogen-bond donors (Lipinski definition) is 0. The lowest BCUT2D eigenvalue weighted by Crippen LogP contribution is -2.23. The molecule has 0 bridgehead atoms. The number of esters is 2. The Kier molecular flexibility index (Phi) is 5.65. The van der Waals surface area contributed by atoms with E-state index in [1.807, 2.05) is 0 Å². The van der Waals surface area contributed by atoms with Gasteiger partial charge in [0, 0.05) is 0 Å². The first kappa shape index (κ1) is 19.4. The van der Waals surface area contributed by atoms with Crippen molar-refractivity contribution in [2.45, 2.75) is 33.3 Å². The average Bonchev–Trinajstić information content (AvgIpc) is 2.55. The largest absolute Gasteiger partial charge is 0.465 e. The maximum Gasteiger partial charge on any atom is 0.340 e. The Labute approximate surface area is 151 Å². The zero-order chi connectivity index (χ0) is 19.5. The van der Waals surface area contributed by atoms with Crippen molar-refractivity contribution in [2.75, 3.05) is 7.11 Å². The van der Waals surface area contributed by atoms with E-state index in [9.17, 15) is 14.0 Å². The number of hydrogen-bond acceptors (Lipinski definition) is 5. The molecule has 0 aliphatic heterocycles. The molecule has 138 valence electrons. The second kappa shape index (κ2) is 7.56. The maximum atomic E-state index is 13.9. The van der Waals surface area contributed by atoms with Crippen LogP contribution in [0.4, 0.5) is 4.39 Å². The highest BCUT2D eigenvalue weighted by Crippen LogP contribution is 2.28. The van der Waals surface area contributed by atoms with Gasteiger partial charge < -0.3 is 14.2 Å². The summed E-state index contributed by atoms with van der Waals surface area (Å²) < 4.78 is 29.4. The first-order valence-electron chi connectivity index (χ1n) is 8.00. The third-order valence-corrected chi connectivity index (χ3v) is 3.39. The molecule has 0 aliphatic carbocycles. The van der Waals surface area contributed by atoms with Gasteiger partial charge in [-0.1, -0.05) is 0 Å². The van der Waals surface area contributed by atoms with Crippen LogP contribution in [0.1, 0.15) is 47.1 Å². The van der Waals surface area contributed by atoms with Gasteiger partial charge in [-0.2, -0.15) is 0 Å². The molecule has 2 rings (SSSR count). The van der Waals surface area contributed by atoms with Crippen molar-refractivity contribution in [1.82, 2.24) is 0 Å². The minimum atomic E-state index is -0.785. The van der Waals surface area contributed by atoms with E-state index < -0.39 is 23.4 Å². The van der Waals surface area contributed by atoms with Crippen LogP contribution in [0.3, 0.4) is 0 Å². The molecule has 0 fully saturated rings. The zero-order valence-electron chi connectivity index (χ0n) is 15.4. The number of carbonyl (C=O) groups is 2. The topological polar surface area (TPSA) is 61.8 Å². The molecule has 0 aromatic heterocycles. The minimum absolute atomic E-state index is 0.210. The van der Waals surface area contributed by atoms with Crippen molar-refractivity contribution in [3.63, 3.8) is 0 Å². The van der Waals surface area contributed by atoms with Gasteiger partial charge in [0.05, 0.1) is 18.2 Å². The zero-order valence-corrected chi connectivity index (χ0v) is 15.4. The molecule has 26 heavy (non-hydrogen) atoms. The summed E-state index contributed by atoms with van der Waals surface area (Å²) in [6, 6.07) is 8.83. The molecular formula is C20H21FO5. The van der Waals surface area contributed by atoms with Crippen LogP contribution in [0.15, 0.2) is 36.4 Å². The van der Waals surface area contributed by atoms with Crippen LogP contribution in [-0.4, -0.2) is 24.6 Å². The fourth-order valence-corrected chi connectivity index (χ4v) is 2.15. The average molecular weight is 360 g/mol. The fourth-order valence-electron chi connectivity index (χ4n) is 2.15. The van der Waals surface area contributed by atoms with Crippen LogP contribution < -0.4 is 4.74 Å². The molecule has 0 unspecified atom stereocenters. The van der Waals surface area contributed by atoms with E-state index in [0.717, 1.165) is 0 Å². The molecule has 0 radical (unpaired) electrons. The smallest absolute Gasteiger partial charge is 0.340 e. The third-order valence-electron chi connectivity index (χ3n) is 3.39. The Bertz CT molecular complexity index is 819. The summed E-state index contributed by atoms with van der Waals surface area (Å²) in [4.78, 5) is 23.6. The lowest BCUT2D eigenvalue weighted by atomic mass is 10.1. The first-order valence-corrected chi connectivity index (χ1v) is 8.00. The molecule has 6 heteroatoms. The molecule has 0 atom stereocenters. The van der Waals surface area contributed by atoms with Gasteiger partial charge in [-0.25, -0.2) is 14.0 Å².